The number of hydrogen-bond acceptors (Lipinski definition) is 1. The first-order valence-corrected chi connectivity index (χ1v) is 3.71. The topological polar surface area (TPSA) is 20.2 Å². The Balaban J connectivity index is 3.24. The maximum atomic E-state index is 9.21. The summed E-state index contributed by atoms with van der Waals surface area (Å²) >= 11 is 0. The van der Waals surface area contributed by atoms with Crippen LogP contribution >= 0.6 is 0 Å². The first-order valence-electron chi connectivity index (χ1n) is 3.71. The number of aliphatic hydroxyl groups excluding tert-OH is 1. The second-order valence-corrected chi connectivity index (χ2v) is 2.32. The molecule has 0 heterocycles. The fourth-order valence-electron chi connectivity index (χ4n) is 0.721. The van der Waals surface area contributed by atoms with Crippen LogP contribution in [0.15, 0.2) is 24.8 Å². The van der Waals surface area contributed by atoms with Gasteiger partial charge in [-0.1, -0.05) is 18.2 Å². The van der Waals surface area contributed by atoms with Gasteiger partial charge in [-0.05, 0) is 26.2 Å². The molecule has 0 aliphatic carbocycles. The quantitative estimate of drug-likeness (QED) is 0.581. The summed E-state index contributed by atoms with van der Waals surface area (Å²) in [5, 5.41) is 9.21. The van der Waals surface area contributed by atoms with E-state index in [1.807, 2.05) is 25.2 Å². The fraction of sp³-hybridized carbons (Fsp3) is 0.556. The third-order valence-corrected chi connectivity index (χ3v) is 1.35. The Hall–Kier alpha value is -0.560. The SMILES string of the molecule is C=CCCC(O)CC=CC. The van der Waals surface area contributed by atoms with Crippen molar-refractivity contribution in [3.05, 3.63) is 24.8 Å². The molecule has 0 aromatic heterocycles. The third kappa shape index (κ3) is 5.57. The van der Waals surface area contributed by atoms with E-state index in [4.69, 9.17) is 0 Å². The third-order valence-electron chi connectivity index (χ3n) is 1.35. The van der Waals surface area contributed by atoms with Gasteiger partial charge < -0.3 is 5.11 Å². The highest BCUT2D eigenvalue weighted by Gasteiger charge is 1.97. The molecule has 1 atom stereocenters. The van der Waals surface area contributed by atoms with Crippen molar-refractivity contribution in [1.29, 1.82) is 0 Å². The number of allylic oxidation sites excluding steroid dienone is 2. The molecule has 0 aromatic rings. The van der Waals surface area contributed by atoms with Gasteiger partial charge in [-0.25, -0.2) is 0 Å². The minimum atomic E-state index is -0.186. The summed E-state index contributed by atoms with van der Waals surface area (Å²) < 4.78 is 0. The number of rotatable bonds is 5. The van der Waals surface area contributed by atoms with Gasteiger partial charge in [0.1, 0.15) is 0 Å². The standard InChI is InChI=1S/C9H16O/c1-3-5-7-9(10)8-6-4-2/h3-4,6,9-10H,1,5,7-8H2,2H3. The lowest BCUT2D eigenvalue weighted by Gasteiger charge is -2.03. The van der Waals surface area contributed by atoms with Crippen LogP contribution in [0.1, 0.15) is 26.2 Å². The summed E-state index contributed by atoms with van der Waals surface area (Å²) in [6.07, 6.45) is 8.08. The second-order valence-electron chi connectivity index (χ2n) is 2.32. The lowest BCUT2D eigenvalue weighted by molar-refractivity contribution is 0.169. The molecule has 0 saturated carbocycles. The molecule has 58 valence electrons. The molecule has 0 aliphatic rings. The smallest absolute Gasteiger partial charge is 0.0577 e. The van der Waals surface area contributed by atoms with Gasteiger partial charge in [0.25, 0.3) is 0 Å². The molecule has 0 amide bonds. The summed E-state index contributed by atoms with van der Waals surface area (Å²) in [5.74, 6) is 0. The van der Waals surface area contributed by atoms with Crippen LogP contribution in [0.3, 0.4) is 0 Å². The van der Waals surface area contributed by atoms with Crippen LogP contribution in [0.2, 0.25) is 0 Å². The lowest BCUT2D eigenvalue weighted by Crippen LogP contribution is -2.03. The van der Waals surface area contributed by atoms with E-state index in [0.29, 0.717) is 0 Å². The van der Waals surface area contributed by atoms with Crippen molar-refractivity contribution in [3.8, 4) is 0 Å². The molecular formula is C9H16O. The van der Waals surface area contributed by atoms with Gasteiger partial charge in [0.05, 0.1) is 6.10 Å². The van der Waals surface area contributed by atoms with Crippen molar-refractivity contribution in [2.45, 2.75) is 32.3 Å². The fourth-order valence-corrected chi connectivity index (χ4v) is 0.721. The molecular weight excluding hydrogens is 124 g/mol. The van der Waals surface area contributed by atoms with Gasteiger partial charge in [-0.2, -0.15) is 0 Å². The summed E-state index contributed by atoms with van der Waals surface area (Å²) in [5.41, 5.74) is 0. The van der Waals surface area contributed by atoms with Crippen LogP contribution in [-0.2, 0) is 0 Å². The van der Waals surface area contributed by atoms with Crippen molar-refractivity contribution in [2.24, 2.45) is 0 Å². The Bertz CT molecular complexity index is 105. The van der Waals surface area contributed by atoms with Gasteiger partial charge in [-0.3, -0.25) is 0 Å². The van der Waals surface area contributed by atoms with Crippen molar-refractivity contribution < 1.29 is 5.11 Å². The highest BCUT2D eigenvalue weighted by molar-refractivity contribution is 4.81. The minimum Gasteiger partial charge on any atom is -0.393 e. The molecule has 1 nitrogen and oxygen atoms in total. The second kappa shape index (κ2) is 6.56. The summed E-state index contributed by atoms with van der Waals surface area (Å²) in [6, 6.07) is 0. The zero-order valence-electron chi connectivity index (χ0n) is 6.59. The molecule has 1 heteroatoms. The normalized spacial score (nSPS) is 13.8. The van der Waals surface area contributed by atoms with E-state index in [1.165, 1.54) is 0 Å². The maximum absolute atomic E-state index is 9.21. The Kier molecular flexibility index (Phi) is 6.19. The molecule has 1 N–H and O–H groups in total. The van der Waals surface area contributed by atoms with E-state index in [0.717, 1.165) is 19.3 Å². The number of hydrogen-bond donors (Lipinski definition) is 1. The van der Waals surface area contributed by atoms with Gasteiger partial charge in [0, 0.05) is 0 Å². The molecule has 0 fully saturated rings. The summed E-state index contributed by atoms with van der Waals surface area (Å²) in [6.45, 7) is 5.54. The first kappa shape index (κ1) is 9.44. The summed E-state index contributed by atoms with van der Waals surface area (Å²) in [4.78, 5) is 0. The lowest BCUT2D eigenvalue weighted by atomic mass is 10.1. The molecule has 0 saturated heterocycles. The molecule has 0 radical (unpaired) electrons. The van der Waals surface area contributed by atoms with Crippen LogP contribution in [0, 0.1) is 0 Å². The van der Waals surface area contributed by atoms with Gasteiger partial charge >= 0.3 is 0 Å². The maximum Gasteiger partial charge on any atom is 0.0577 e. The molecule has 1 unspecified atom stereocenters. The van der Waals surface area contributed by atoms with Crippen molar-refractivity contribution >= 4 is 0 Å². The van der Waals surface area contributed by atoms with Crippen LogP contribution in [0.4, 0.5) is 0 Å². The molecule has 0 aromatic carbocycles. The average Bonchev–Trinajstić information content (AvgIpc) is 1.97. The van der Waals surface area contributed by atoms with E-state index >= 15 is 0 Å². The van der Waals surface area contributed by atoms with Crippen LogP contribution in [-0.4, -0.2) is 11.2 Å². The monoisotopic (exact) mass is 140 g/mol. The molecule has 10 heavy (non-hydrogen) atoms. The van der Waals surface area contributed by atoms with Gasteiger partial charge in [0.15, 0.2) is 0 Å². The van der Waals surface area contributed by atoms with E-state index < -0.39 is 0 Å². The molecule has 0 spiro atoms. The Morgan fingerprint density at radius 1 is 1.60 bits per heavy atom. The number of aliphatic hydroxyl groups is 1. The van der Waals surface area contributed by atoms with E-state index in [2.05, 4.69) is 6.58 Å². The van der Waals surface area contributed by atoms with Crippen molar-refractivity contribution in [3.63, 3.8) is 0 Å². The average molecular weight is 140 g/mol. The Morgan fingerprint density at radius 2 is 2.30 bits per heavy atom. The zero-order valence-corrected chi connectivity index (χ0v) is 6.59. The highest BCUT2D eigenvalue weighted by atomic mass is 16.3. The van der Waals surface area contributed by atoms with Crippen molar-refractivity contribution in [2.75, 3.05) is 0 Å². The minimum absolute atomic E-state index is 0.186. The predicted molar refractivity (Wildman–Crippen MR) is 44.9 cm³/mol. The molecule has 0 rings (SSSR count). The van der Waals surface area contributed by atoms with Crippen LogP contribution < -0.4 is 0 Å². The first-order chi connectivity index (χ1) is 4.81. The van der Waals surface area contributed by atoms with Gasteiger partial charge in [-0.15, -0.1) is 6.58 Å². The Morgan fingerprint density at radius 3 is 2.80 bits per heavy atom. The highest BCUT2D eigenvalue weighted by Crippen LogP contribution is 2.02. The van der Waals surface area contributed by atoms with Gasteiger partial charge in [0.2, 0.25) is 0 Å². The van der Waals surface area contributed by atoms with E-state index in [1.54, 1.807) is 0 Å². The van der Waals surface area contributed by atoms with E-state index in [-0.39, 0.29) is 6.10 Å². The van der Waals surface area contributed by atoms with Crippen molar-refractivity contribution in [1.82, 2.24) is 0 Å². The van der Waals surface area contributed by atoms with Crippen LogP contribution in [0.25, 0.3) is 0 Å². The molecule has 0 aliphatic heterocycles. The zero-order chi connectivity index (χ0) is 7.82. The molecule has 0 bridgehead atoms. The Labute approximate surface area is 63.1 Å². The predicted octanol–water partition coefficient (Wildman–Crippen LogP) is 2.28. The van der Waals surface area contributed by atoms with Crippen LogP contribution in [0.5, 0.6) is 0 Å². The summed E-state index contributed by atoms with van der Waals surface area (Å²) in [7, 11) is 0. The van der Waals surface area contributed by atoms with E-state index in [9.17, 15) is 5.11 Å². The largest absolute Gasteiger partial charge is 0.393 e.